The molecule has 1 fully saturated rings. The van der Waals surface area contributed by atoms with E-state index in [0.29, 0.717) is 21.7 Å². The van der Waals surface area contributed by atoms with Crippen LogP contribution in [0.25, 0.3) is 0 Å². The molecule has 36 heavy (non-hydrogen) atoms. The third-order valence-electron chi connectivity index (χ3n) is 5.52. The number of nitro groups is 1. The Hall–Kier alpha value is -2.62. The van der Waals surface area contributed by atoms with Crippen LogP contribution in [0.2, 0.25) is 15.1 Å². The molecule has 0 bridgehead atoms. The Kier molecular flexibility index (Phi) is 7.37. The number of hydrogen-bond donors (Lipinski definition) is 2. The lowest BCUT2D eigenvalue weighted by Gasteiger charge is -2.11. The predicted octanol–water partition coefficient (Wildman–Crippen LogP) is 7.47. The molecule has 4 rings (SSSR count). The standard InChI is InChI=1S/C23H13Cl5FN3O4/c24-14-5-3-12(9-13(14)21(33)31-17-6-2-11(29)8-18(17)32(35)36)30-22(34)20-19(23(20,27)28)10-1-4-15(25)16(26)7-10/h1-9,19-20H,(H,30,34)(H,31,33)/t19-,20+/m0/s1. The van der Waals surface area contributed by atoms with Crippen LogP contribution in [0.4, 0.5) is 21.5 Å². The van der Waals surface area contributed by atoms with Gasteiger partial charge in [-0.25, -0.2) is 4.39 Å². The lowest BCUT2D eigenvalue weighted by Crippen LogP contribution is -2.18. The van der Waals surface area contributed by atoms with E-state index in [9.17, 15) is 24.1 Å². The third kappa shape index (κ3) is 5.23. The quantitative estimate of drug-likeness (QED) is 0.176. The molecule has 3 aromatic carbocycles. The molecular weight excluding hydrogens is 579 g/mol. The summed E-state index contributed by atoms with van der Waals surface area (Å²) < 4.78 is 12.0. The summed E-state index contributed by atoms with van der Waals surface area (Å²) in [5.74, 6) is -3.54. The van der Waals surface area contributed by atoms with Gasteiger partial charge >= 0.3 is 0 Å². The average Bonchev–Trinajstić information content (AvgIpc) is 3.39. The lowest BCUT2D eigenvalue weighted by molar-refractivity contribution is -0.384. The fraction of sp³-hybridized carbons (Fsp3) is 0.130. The summed E-state index contributed by atoms with van der Waals surface area (Å²) in [7, 11) is 0. The van der Waals surface area contributed by atoms with E-state index in [1.165, 1.54) is 18.2 Å². The number of alkyl halides is 2. The van der Waals surface area contributed by atoms with Gasteiger partial charge in [-0.05, 0) is 48.0 Å². The van der Waals surface area contributed by atoms with E-state index < -0.39 is 44.4 Å². The van der Waals surface area contributed by atoms with E-state index in [0.717, 1.165) is 12.1 Å². The fourth-order valence-corrected chi connectivity index (χ4v) is 5.06. The van der Waals surface area contributed by atoms with E-state index >= 15 is 0 Å². The zero-order valence-electron chi connectivity index (χ0n) is 17.7. The second kappa shape index (κ2) is 10.0. The molecule has 1 aliphatic rings. The van der Waals surface area contributed by atoms with E-state index in [4.69, 9.17) is 58.0 Å². The smallest absolute Gasteiger partial charge is 0.295 e. The van der Waals surface area contributed by atoms with Gasteiger partial charge in [-0.3, -0.25) is 19.7 Å². The zero-order valence-corrected chi connectivity index (χ0v) is 21.5. The number of nitrogens with zero attached hydrogens (tertiary/aromatic N) is 1. The highest BCUT2D eigenvalue weighted by Crippen LogP contribution is 2.65. The van der Waals surface area contributed by atoms with Crippen LogP contribution in [0.5, 0.6) is 0 Å². The normalized spacial score (nSPS) is 17.8. The van der Waals surface area contributed by atoms with Gasteiger partial charge < -0.3 is 10.6 Å². The third-order valence-corrected chi connectivity index (χ3v) is 7.53. The average molecular weight is 592 g/mol. The summed E-state index contributed by atoms with van der Waals surface area (Å²) in [4.78, 5) is 36.1. The number of rotatable bonds is 6. The molecule has 0 unspecified atom stereocenters. The monoisotopic (exact) mass is 589 g/mol. The minimum Gasteiger partial charge on any atom is -0.326 e. The first-order valence-electron chi connectivity index (χ1n) is 10.1. The molecule has 0 saturated heterocycles. The minimum atomic E-state index is -1.39. The van der Waals surface area contributed by atoms with Crippen molar-refractivity contribution in [1.29, 1.82) is 0 Å². The molecule has 2 atom stereocenters. The van der Waals surface area contributed by atoms with Crippen LogP contribution < -0.4 is 10.6 Å². The Morgan fingerprint density at radius 1 is 0.917 bits per heavy atom. The summed E-state index contributed by atoms with van der Waals surface area (Å²) in [5, 5.41) is 16.8. The van der Waals surface area contributed by atoms with Crippen molar-refractivity contribution in [2.75, 3.05) is 10.6 Å². The summed E-state index contributed by atoms with van der Waals surface area (Å²) in [6, 6.07) is 11.6. The van der Waals surface area contributed by atoms with Crippen molar-refractivity contribution in [1.82, 2.24) is 0 Å². The van der Waals surface area contributed by atoms with Crippen LogP contribution >= 0.6 is 58.0 Å². The number of anilines is 2. The number of amides is 2. The number of halogens is 6. The van der Waals surface area contributed by atoms with Crippen LogP contribution in [0.3, 0.4) is 0 Å². The number of benzene rings is 3. The molecule has 1 aliphatic carbocycles. The molecule has 2 N–H and O–H groups in total. The van der Waals surface area contributed by atoms with E-state index in [-0.39, 0.29) is 22.0 Å². The summed E-state index contributed by atoms with van der Waals surface area (Å²) in [5.41, 5.74) is -0.119. The summed E-state index contributed by atoms with van der Waals surface area (Å²) in [6.45, 7) is 0. The maximum absolute atomic E-state index is 13.4. The highest BCUT2D eigenvalue weighted by molar-refractivity contribution is 6.53. The van der Waals surface area contributed by atoms with Gasteiger partial charge in [-0.15, -0.1) is 23.2 Å². The first kappa shape index (κ1) is 26.4. The lowest BCUT2D eigenvalue weighted by atomic mass is 10.1. The number of carbonyl (C=O) groups excluding carboxylic acids is 2. The van der Waals surface area contributed by atoms with Gasteiger partial charge in [0.1, 0.15) is 15.8 Å². The van der Waals surface area contributed by atoms with Crippen LogP contribution in [0.15, 0.2) is 54.6 Å². The molecule has 0 spiro atoms. The Labute approximate surface area is 228 Å². The molecular formula is C23H13Cl5FN3O4. The number of nitrogens with one attached hydrogen (secondary N) is 2. The highest BCUT2D eigenvalue weighted by atomic mass is 35.5. The van der Waals surface area contributed by atoms with Crippen molar-refractivity contribution in [2.24, 2.45) is 5.92 Å². The maximum atomic E-state index is 13.4. The molecule has 0 aliphatic heterocycles. The van der Waals surface area contributed by atoms with Gasteiger partial charge in [0.25, 0.3) is 11.6 Å². The van der Waals surface area contributed by atoms with Gasteiger partial charge in [0, 0.05) is 11.6 Å². The first-order chi connectivity index (χ1) is 16.9. The molecule has 2 amide bonds. The zero-order chi connectivity index (χ0) is 26.4. The number of carbonyl (C=O) groups is 2. The largest absolute Gasteiger partial charge is 0.326 e. The van der Waals surface area contributed by atoms with Crippen LogP contribution in [-0.2, 0) is 4.79 Å². The van der Waals surface area contributed by atoms with Crippen molar-refractivity contribution >= 4 is 86.9 Å². The molecule has 3 aromatic rings. The maximum Gasteiger partial charge on any atom is 0.295 e. The molecule has 0 aromatic heterocycles. The van der Waals surface area contributed by atoms with E-state index in [2.05, 4.69) is 10.6 Å². The van der Waals surface area contributed by atoms with Gasteiger partial charge in [0.15, 0.2) is 0 Å². The van der Waals surface area contributed by atoms with E-state index in [1.54, 1.807) is 18.2 Å². The second-order valence-corrected chi connectivity index (χ2v) is 10.5. The summed E-state index contributed by atoms with van der Waals surface area (Å²) in [6.07, 6.45) is 0. The number of hydrogen-bond acceptors (Lipinski definition) is 4. The Bertz CT molecular complexity index is 1420. The van der Waals surface area contributed by atoms with Crippen molar-refractivity contribution in [3.63, 3.8) is 0 Å². The minimum absolute atomic E-state index is 0.0133. The first-order valence-corrected chi connectivity index (χ1v) is 12.0. The fourth-order valence-electron chi connectivity index (χ4n) is 3.72. The predicted molar refractivity (Wildman–Crippen MR) is 138 cm³/mol. The Morgan fingerprint density at radius 3 is 2.28 bits per heavy atom. The molecule has 13 heteroatoms. The van der Waals surface area contributed by atoms with Crippen molar-refractivity contribution in [2.45, 2.75) is 10.3 Å². The van der Waals surface area contributed by atoms with Crippen LogP contribution in [0, 0.1) is 21.8 Å². The summed E-state index contributed by atoms with van der Waals surface area (Å²) >= 11 is 30.9. The Balaban J connectivity index is 1.53. The van der Waals surface area contributed by atoms with E-state index in [1.807, 2.05) is 0 Å². The molecule has 0 radical (unpaired) electrons. The van der Waals surface area contributed by atoms with Gasteiger partial charge in [-0.1, -0.05) is 40.9 Å². The van der Waals surface area contributed by atoms with Gasteiger partial charge in [-0.2, -0.15) is 0 Å². The highest BCUT2D eigenvalue weighted by Gasteiger charge is 2.67. The number of nitro benzene ring substituents is 1. The van der Waals surface area contributed by atoms with Crippen molar-refractivity contribution in [3.05, 3.63) is 96.7 Å². The molecule has 186 valence electrons. The topological polar surface area (TPSA) is 101 Å². The molecule has 1 saturated carbocycles. The molecule has 7 nitrogen and oxygen atoms in total. The van der Waals surface area contributed by atoms with Crippen molar-refractivity contribution < 1.29 is 18.9 Å². The van der Waals surface area contributed by atoms with Gasteiger partial charge in [0.2, 0.25) is 5.91 Å². The van der Waals surface area contributed by atoms with Crippen LogP contribution in [-0.4, -0.2) is 21.1 Å². The SMILES string of the molecule is O=C(Nc1ccc(F)cc1[N+](=O)[O-])c1cc(NC(=O)[C@H]2[C@H](c3ccc(Cl)c(Cl)c3)C2(Cl)Cl)ccc1Cl. The van der Waals surface area contributed by atoms with Gasteiger partial charge in [0.05, 0.1) is 37.5 Å². The van der Waals surface area contributed by atoms with Crippen molar-refractivity contribution in [3.8, 4) is 0 Å². The Morgan fingerprint density at radius 2 is 1.61 bits per heavy atom. The molecule has 0 heterocycles. The second-order valence-electron chi connectivity index (χ2n) is 7.86. The van der Waals surface area contributed by atoms with Crippen LogP contribution in [0.1, 0.15) is 21.8 Å².